The van der Waals surface area contributed by atoms with Gasteiger partial charge < -0.3 is 0 Å². The molecule has 0 bridgehead atoms. The van der Waals surface area contributed by atoms with E-state index in [2.05, 4.69) is 4.40 Å². The molecule has 1 heterocycles. The van der Waals surface area contributed by atoms with Crippen LogP contribution in [0.4, 0.5) is 0 Å². The second-order valence-electron chi connectivity index (χ2n) is 1.41. The lowest BCUT2D eigenvalue weighted by Gasteiger charge is -1.82. The van der Waals surface area contributed by atoms with Gasteiger partial charge in [-0.3, -0.25) is 0 Å². The molecule has 0 aromatic carbocycles. The molecule has 0 aliphatic carbocycles. The van der Waals surface area contributed by atoms with Gasteiger partial charge in [0, 0.05) is 0 Å². The monoisotopic (exact) mass is 183 g/mol. The van der Waals surface area contributed by atoms with Crippen molar-refractivity contribution in [1.29, 1.82) is 0 Å². The van der Waals surface area contributed by atoms with E-state index >= 15 is 0 Å². The van der Waals surface area contributed by atoms with Crippen molar-refractivity contribution in [1.82, 2.24) is 0 Å². The Kier molecular flexibility index (Phi) is 2.07. The summed E-state index contributed by atoms with van der Waals surface area (Å²) in [6.45, 7) is 0. The standard InChI is InChI=1S/C3H5NO2S3/c1-7-3-4-9(5,6)2-8-3/h2H2,1H3. The van der Waals surface area contributed by atoms with Crippen LogP contribution in [0.15, 0.2) is 4.40 Å². The predicted octanol–water partition coefficient (Wildman–Crippen LogP) is 0.740. The smallest absolute Gasteiger partial charge is 0.204 e. The second kappa shape index (κ2) is 2.51. The van der Waals surface area contributed by atoms with E-state index in [1.807, 2.05) is 6.26 Å². The number of nitrogens with zero attached hydrogens (tertiary/aromatic N) is 1. The Bertz CT molecular complexity index is 229. The van der Waals surface area contributed by atoms with E-state index in [-0.39, 0.29) is 5.08 Å². The Balaban J connectivity index is 2.85. The first-order valence-corrected chi connectivity index (χ1v) is 5.95. The second-order valence-corrected chi connectivity index (χ2v) is 5.42. The summed E-state index contributed by atoms with van der Waals surface area (Å²) in [5, 5.41) is 0.114. The van der Waals surface area contributed by atoms with Gasteiger partial charge in [0.15, 0.2) is 0 Å². The van der Waals surface area contributed by atoms with E-state index in [0.29, 0.717) is 4.38 Å². The van der Waals surface area contributed by atoms with Crippen LogP contribution < -0.4 is 0 Å². The normalized spacial score (nSPS) is 23.9. The maximum atomic E-state index is 10.6. The summed E-state index contributed by atoms with van der Waals surface area (Å²) in [5.74, 6) is 0. The Hall–Kier alpha value is 0.320. The van der Waals surface area contributed by atoms with Gasteiger partial charge in [-0.05, 0) is 6.26 Å². The van der Waals surface area contributed by atoms with Crippen LogP contribution in [0.1, 0.15) is 0 Å². The van der Waals surface area contributed by atoms with Crippen molar-refractivity contribution in [3.8, 4) is 0 Å². The third-order valence-electron chi connectivity index (χ3n) is 0.720. The molecule has 0 aromatic heterocycles. The zero-order chi connectivity index (χ0) is 6.91. The molecule has 0 radical (unpaired) electrons. The number of thioether (sulfide) groups is 2. The summed E-state index contributed by atoms with van der Waals surface area (Å²) in [4.78, 5) is 0. The average Bonchev–Trinajstić information content (AvgIpc) is 2.10. The molecule has 1 aliphatic heterocycles. The third kappa shape index (κ3) is 1.87. The highest BCUT2D eigenvalue weighted by molar-refractivity contribution is 8.43. The molecular weight excluding hydrogens is 178 g/mol. The summed E-state index contributed by atoms with van der Waals surface area (Å²) in [7, 11) is -3.08. The molecule has 1 rings (SSSR count). The lowest BCUT2D eigenvalue weighted by Crippen LogP contribution is -1.90. The van der Waals surface area contributed by atoms with Gasteiger partial charge in [0.2, 0.25) is 0 Å². The Morgan fingerprint density at radius 1 is 1.78 bits per heavy atom. The van der Waals surface area contributed by atoms with Gasteiger partial charge in [0.05, 0.1) is 0 Å². The first-order valence-electron chi connectivity index (χ1n) is 2.13. The van der Waals surface area contributed by atoms with Gasteiger partial charge in [-0.25, -0.2) is 8.42 Å². The highest BCUT2D eigenvalue weighted by atomic mass is 32.3. The molecular formula is C3H5NO2S3. The molecule has 52 valence electrons. The minimum Gasteiger partial charge on any atom is -0.204 e. The molecule has 0 N–H and O–H groups in total. The number of rotatable bonds is 0. The minimum absolute atomic E-state index is 0.114. The molecule has 1 aliphatic rings. The van der Waals surface area contributed by atoms with Crippen molar-refractivity contribution in [3.63, 3.8) is 0 Å². The Morgan fingerprint density at radius 2 is 2.44 bits per heavy atom. The summed E-state index contributed by atoms with van der Waals surface area (Å²) < 4.78 is 25.3. The van der Waals surface area contributed by atoms with Crippen molar-refractivity contribution >= 4 is 37.9 Å². The molecule has 0 atom stereocenters. The van der Waals surface area contributed by atoms with Gasteiger partial charge in [-0.2, -0.15) is 0 Å². The van der Waals surface area contributed by atoms with Crippen molar-refractivity contribution in [2.45, 2.75) is 0 Å². The largest absolute Gasteiger partial charge is 0.264 e. The molecule has 6 heteroatoms. The number of hydrogen-bond acceptors (Lipinski definition) is 4. The zero-order valence-corrected chi connectivity index (χ0v) is 7.15. The SMILES string of the molecule is CSC1=NS(=O)(=O)CS1. The molecule has 9 heavy (non-hydrogen) atoms. The molecule has 0 amide bonds. The van der Waals surface area contributed by atoms with Crippen molar-refractivity contribution in [2.75, 3.05) is 11.3 Å². The summed E-state index contributed by atoms with van der Waals surface area (Å²) >= 11 is 2.64. The molecule has 0 saturated carbocycles. The first-order chi connectivity index (χ1) is 4.14. The van der Waals surface area contributed by atoms with Crippen molar-refractivity contribution in [2.24, 2.45) is 4.40 Å². The van der Waals surface area contributed by atoms with Gasteiger partial charge >= 0.3 is 0 Å². The minimum atomic E-state index is -3.08. The third-order valence-corrected chi connectivity index (χ3v) is 4.71. The number of sulfonamides is 1. The summed E-state index contributed by atoms with van der Waals surface area (Å²) in [5.41, 5.74) is 0. The molecule has 0 fully saturated rings. The first kappa shape index (κ1) is 7.43. The highest BCUT2D eigenvalue weighted by Crippen LogP contribution is 2.24. The fourth-order valence-corrected chi connectivity index (χ4v) is 3.92. The van der Waals surface area contributed by atoms with E-state index in [1.165, 1.54) is 23.5 Å². The Morgan fingerprint density at radius 3 is 2.67 bits per heavy atom. The van der Waals surface area contributed by atoms with E-state index in [9.17, 15) is 8.42 Å². The molecule has 0 unspecified atom stereocenters. The zero-order valence-electron chi connectivity index (χ0n) is 4.70. The fourth-order valence-electron chi connectivity index (χ4n) is 0.387. The molecule has 0 spiro atoms. The van der Waals surface area contributed by atoms with Gasteiger partial charge in [-0.1, -0.05) is 11.8 Å². The lowest BCUT2D eigenvalue weighted by molar-refractivity contribution is 0.603. The van der Waals surface area contributed by atoms with Gasteiger partial charge in [0.25, 0.3) is 10.0 Å². The van der Waals surface area contributed by atoms with Crippen LogP contribution in [0.5, 0.6) is 0 Å². The van der Waals surface area contributed by atoms with Crippen LogP contribution in [-0.4, -0.2) is 24.1 Å². The maximum Gasteiger partial charge on any atom is 0.264 e. The lowest BCUT2D eigenvalue weighted by atomic mass is 11.7. The Labute approximate surface area is 62.4 Å². The van der Waals surface area contributed by atoms with Crippen LogP contribution in [0.25, 0.3) is 0 Å². The van der Waals surface area contributed by atoms with Crippen LogP contribution in [-0.2, 0) is 10.0 Å². The maximum absolute atomic E-state index is 10.6. The number of hydrogen-bond donors (Lipinski definition) is 0. The molecule has 0 saturated heterocycles. The van der Waals surface area contributed by atoms with Crippen LogP contribution in [0.2, 0.25) is 0 Å². The summed E-state index contributed by atoms with van der Waals surface area (Å²) in [6.07, 6.45) is 1.81. The summed E-state index contributed by atoms with van der Waals surface area (Å²) in [6, 6.07) is 0. The van der Waals surface area contributed by atoms with Crippen LogP contribution in [0, 0.1) is 0 Å². The van der Waals surface area contributed by atoms with E-state index in [1.54, 1.807) is 0 Å². The van der Waals surface area contributed by atoms with E-state index < -0.39 is 10.0 Å². The van der Waals surface area contributed by atoms with Crippen LogP contribution in [0.3, 0.4) is 0 Å². The van der Waals surface area contributed by atoms with Gasteiger partial charge in [-0.15, -0.1) is 16.2 Å². The molecule has 3 nitrogen and oxygen atoms in total. The average molecular weight is 183 g/mol. The fraction of sp³-hybridized carbons (Fsp3) is 0.667. The topological polar surface area (TPSA) is 46.5 Å². The quantitative estimate of drug-likeness (QED) is 0.555. The molecule has 0 aromatic rings. The predicted molar refractivity (Wildman–Crippen MR) is 42.3 cm³/mol. The van der Waals surface area contributed by atoms with Crippen molar-refractivity contribution in [3.05, 3.63) is 0 Å². The highest BCUT2D eigenvalue weighted by Gasteiger charge is 2.19. The van der Waals surface area contributed by atoms with Crippen LogP contribution >= 0.6 is 23.5 Å². The van der Waals surface area contributed by atoms with Crippen molar-refractivity contribution < 1.29 is 8.42 Å². The van der Waals surface area contributed by atoms with E-state index in [0.717, 1.165) is 0 Å². The van der Waals surface area contributed by atoms with Gasteiger partial charge in [0.1, 0.15) is 9.46 Å². The van der Waals surface area contributed by atoms with E-state index in [4.69, 9.17) is 0 Å².